The minimum atomic E-state index is -4.95. The molecule has 92 heavy (non-hydrogen) atoms. The third-order valence-electron chi connectivity index (χ3n) is 17.2. The number of phosphoric acid groups is 2. The highest BCUT2D eigenvalue weighted by Gasteiger charge is 2.30. The van der Waals surface area contributed by atoms with Crippen molar-refractivity contribution >= 4 is 39.5 Å². The van der Waals surface area contributed by atoms with Crippen LogP contribution in [0.15, 0.2) is 0 Å². The van der Waals surface area contributed by atoms with Gasteiger partial charge in [0, 0.05) is 25.7 Å². The molecule has 0 rings (SSSR count). The van der Waals surface area contributed by atoms with Crippen LogP contribution in [-0.2, 0) is 65.4 Å². The fourth-order valence-electron chi connectivity index (χ4n) is 11.0. The van der Waals surface area contributed by atoms with E-state index in [0.717, 1.165) is 120 Å². The van der Waals surface area contributed by atoms with Crippen molar-refractivity contribution in [3.05, 3.63) is 0 Å². The predicted molar refractivity (Wildman–Crippen MR) is 372 cm³/mol. The van der Waals surface area contributed by atoms with Gasteiger partial charge in [0.15, 0.2) is 12.2 Å². The molecular weight excluding hydrogens is 1210 g/mol. The van der Waals surface area contributed by atoms with Crippen LogP contribution in [-0.4, -0.2) is 96.7 Å². The fraction of sp³-hybridized carbons (Fsp3) is 0.945. The van der Waals surface area contributed by atoms with Gasteiger partial charge in [-0.1, -0.05) is 312 Å². The van der Waals surface area contributed by atoms with Gasteiger partial charge in [-0.05, 0) is 49.4 Å². The number of unbranched alkanes of at least 4 members (excludes halogenated alkanes) is 35. The molecule has 0 aliphatic heterocycles. The van der Waals surface area contributed by atoms with Gasteiger partial charge in [0.05, 0.1) is 26.4 Å². The van der Waals surface area contributed by atoms with Gasteiger partial charge in [-0.15, -0.1) is 0 Å². The summed E-state index contributed by atoms with van der Waals surface area (Å²) in [5.74, 6) is 0.870. The Balaban J connectivity index is 5.21. The molecule has 0 saturated heterocycles. The van der Waals surface area contributed by atoms with Crippen LogP contribution in [0.5, 0.6) is 0 Å². The summed E-state index contributed by atoms with van der Waals surface area (Å²) in [6.07, 6.45) is 46.0. The Labute approximate surface area is 562 Å². The molecule has 19 heteroatoms. The van der Waals surface area contributed by atoms with Crippen LogP contribution < -0.4 is 0 Å². The summed E-state index contributed by atoms with van der Waals surface area (Å²) in [4.78, 5) is 72.6. The minimum Gasteiger partial charge on any atom is -0.462 e. The molecule has 0 aromatic rings. The first-order chi connectivity index (χ1) is 44.1. The summed E-state index contributed by atoms with van der Waals surface area (Å²) < 4.78 is 68.4. The van der Waals surface area contributed by atoms with Gasteiger partial charge in [-0.2, -0.15) is 0 Å². The van der Waals surface area contributed by atoms with Crippen LogP contribution in [0.25, 0.3) is 0 Å². The lowest BCUT2D eigenvalue weighted by Gasteiger charge is -2.21. The van der Waals surface area contributed by atoms with Crippen molar-refractivity contribution in [2.45, 2.75) is 382 Å². The van der Waals surface area contributed by atoms with Crippen LogP contribution in [0.1, 0.15) is 364 Å². The predicted octanol–water partition coefficient (Wildman–Crippen LogP) is 20.9. The first kappa shape index (κ1) is 90.1. The number of ether oxygens (including phenoxy) is 4. The van der Waals surface area contributed by atoms with E-state index in [1.807, 2.05) is 0 Å². The van der Waals surface area contributed by atoms with E-state index in [0.29, 0.717) is 31.6 Å². The lowest BCUT2D eigenvalue weighted by molar-refractivity contribution is -0.161. The fourth-order valence-corrected chi connectivity index (χ4v) is 12.6. The summed E-state index contributed by atoms with van der Waals surface area (Å²) in [7, 11) is -9.91. The number of aliphatic hydroxyl groups excluding tert-OH is 1. The van der Waals surface area contributed by atoms with Crippen molar-refractivity contribution in [3.8, 4) is 0 Å². The van der Waals surface area contributed by atoms with Crippen molar-refractivity contribution in [1.29, 1.82) is 0 Å². The zero-order valence-corrected chi connectivity index (χ0v) is 62.0. The molecule has 0 aliphatic carbocycles. The largest absolute Gasteiger partial charge is 0.472 e. The van der Waals surface area contributed by atoms with E-state index in [9.17, 15) is 43.2 Å². The van der Waals surface area contributed by atoms with Crippen LogP contribution in [0, 0.1) is 23.7 Å². The summed E-state index contributed by atoms with van der Waals surface area (Å²) in [6.45, 7) is 14.1. The first-order valence-corrected chi connectivity index (χ1v) is 40.7. The highest BCUT2D eigenvalue weighted by molar-refractivity contribution is 7.47. The standard InChI is InChI=1S/C73H142O17P2/c1-9-66(8)52-44-36-31-32-38-46-54-71(76)84-60-69(90-72(77)55-47-39-28-22-17-15-13-11-10-12-14-16-20-25-33-41-49-63(2)3)62-88-92(81,82)86-58-67(74)57-85-91(79,80)87-61-68(59-83-70(75)53-45-37-30-24-27-35-43-51-65(6)7)89-73(78)56-48-40-29-23-19-18-21-26-34-42-50-64(4)5/h63-69,74H,9-62H2,1-8H3,(H,79,80)(H,81,82)/t66?,67-,68-,69-/m1/s1. The summed E-state index contributed by atoms with van der Waals surface area (Å²) in [5, 5.41) is 10.6. The molecule has 0 bridgehead atoms. The van der Waals surface area contributed by atoms with Gasteiger partial charge in [0.2, 0.25) is 0 Å². The van der Waals surface area contributed by atoms with Crippen LogP contribution in [0.3, 0.4) is 0 Å². The van der Waals surface area contributed by atoms with Crippen molar-refractivity contribution in [3.63, 3.8) is 0 Å². The maximum atomic E-state index is 13.0. The number of aliphatic hydroxyl groups is 1. The normalized spacial score (nSPS) is 14.5. The molecule has 0 radical (unpaired) electrons. The van der Waals surface area contributed by atoms with Crippen molar-refractivity contribution in [1.82, 2.24) is 0 Å². The zero-order chi connectivity index (χ0) is 68.2. The molecule has 3 N–H and O–H groups in total. The van der Waals surface area contributed by atoms with E-state index in [-0.39, 0.29) is 25.7 Å². The summed E-state index contributed by atoms with van der Waals surface area (Å²) >= 11 is 0. The lowest BCUT2D eigenvalue weighted by Crippen LogP contribution is -2.30. The molecule has 0 spiro atoms. The number of carbonyl (C=O) groups is 4. The minimum absolute atomic E-state index is 0.105. The Morgan fingerprint density at radius 2 is 0.522 bits per heavy atom. The number of rotatable bonds is 70. The van der Waals surface area contributed by atoms with Crippen LogP contribution in [0.2, 0.25) is 0 Å². The number of hydrogen-bond donors (Lipinski definition) is 3. The maximum absolute atomic E-state index is 13.0. The van der Waals surface area contributed by atoms with Gasteiger partial charge < -0.3 is 33.8 Å². The second-order valence-electron chi connectivity index (χ2n) is 28.0. The van der Waals surface area contributed by atoms with Gasteiger partial charge >= 0.3 is 39.5 Å². The average Bonchev–Trinajstić information content (AvgIpc) is 3.47. The summed E-state index contributed by atoms with van der Waals surface area (Å²) in [6, 6.07) is 0. The lowest BCUT2D eigenvalue weighted by atomic mass is 10.00. The van der Waals surface area contributed by atoms with E-state index in [1.165, 1.54) is 154 Å². The monoisotopic (exact) mass is 1350 g/mol. The molecular formula is C73H142O17P2. The topological polar surface area (TPSA) is 237 Å². The molecule has 0 aromatic heterocycles. The second-order valence-corrected chi connectivity index (χ2v) is 30.9. The highest BCUT2D eigenvalue weighted by atomic mass is 31.2. The van der Waals surface area contributed by atoms with Crippen molar-refractivity contribution < 1.29 is 80.2 Å². The Morgan fingerprint density at radius 1 is 0.304 bits per heavy atom. The maximum Gasteiger partial charge on any atom is 0.472 e. The van der Waals surface area contributed by atoms with E-state index in [1.54, 1.807) is 0 Å². The first-order valence-electron chi connectivity index (χ1n) is 37.7. The molecule has 0 amide bonds. The van der Waals surface area contributed by atoms with Gasteiger partial charge in [-0.25, -0.2) is 9.13 Å². The molecule has 6 atom stereocenters. The Hall–Kier alpha value is -1.94. The molecule has 17 nitrogen and oxygen atoms in total. The number of esters is 4. The van der Waals surface area contributed by atoms with Crippen molar-refractivity contribution in [2.75, 3.05) is 39.6 Å². The van der Waals surface area contributed by atoms with Crippen LogP contribution in [0.4, 0.5) is 0 Å². The van der Waals surface area contributed by atoms with Gasteiger partial charge in [0.25, 0.3) is 0 Å². The SMILES string of the molecule is CCC(C)CCCCCCCCC(=O)OC[C@H](COP(=O)(O)OC[C@H](O)COP(=O)(O)OC[C@@H](COC(=O)CCCCCCCCCC(C)C)OC(=O)CCCCCCCCCCCCC(C)C)OC(=O)CCCCCCCCCCCCCCCCCCC(C)C. The summed E-state index contributed by atoms with van der Waals surface area (Å²) in [5.41, 5.74) is 0. The molecule has 0 saturated carbocycles. The zero-order valence-electron chi connectivity index (χ0n) is 60.2. The molecule has 546 valence electrons. The van der Waals surface area contributed by atoms with E-state index >= 15 is 0 Å². The quantitative estimate of drug-likeness (QED) is 0.0222. The second kappa shape index (κ2) is 62.6. The Bertz CT molecular complexity index is 1820. The van der Waals surface area contributed by atoms with E-state index in [2.05, 4.69) is 55.4 Å². The average molecular weight is 1350 g/mol. The van der Waals surface area contributed by atoms with Gasteiger partial charge in [-0.3, -0.25) is 37.3 Å². The third-order valence-corrected chi connectivity index (χ3v) is 19.1. The van der Waals surface area contributed by atoms with Gasteiger partial charge in [0.1, 0.15) is 19.3 Å². The van der Waals surface area contributed by atoms with E-state index < -0.39 is 97.5 Å². The molecule has 3 unspecified atom stereocenters. The number of phosphoric ester groups is 2. The Kier molecular flexibility index (Phi) is 61.3. The highest BCUT2D eigenvalue weighted by Crippen LogP contribution is 2.45. The van der Waals surface area contributed by atoms with Crippen molar-refractivity contribution in [2.24, 2.45) is 23.7 Å². The molecule has 0 fully saturated rings. The molecule has 0 heterocycles. The number of hydrogen-bond acceptors (Lipinski definition) is 15. The van der Waals surface area contributed by atoms with Crippen LogP contribution >= 0.6 is 15.6 Å². The van der Waals surface area contributed by atoms with E-state index in [4.69, 9.17) is 37.0 Å². The smallest absolute Gasteiger partial charge is 0.462 e. The third kappa shape index (κ3) is 65.4. The Morgan fingerprint density at radius 3 is 0.772 bits per heavy atom. The number of carbonyl (C=O) groups excluding carboxylic acids is 4. The molecule has 0 aliphatic rings. The molecule has 0 aromatic carbocycles.